The third-order valence-corrected chi connectivity index (χ3v) is 6.44. The van der Waals surface area contributed by atoms with E-state index in [1.54, 1.807) is 19.1 Å². The fraction of sp³-hybridized carbons (Fsp3) is 0.600. The zero-order chi connectivity index (χ0) is 20.1. The van der Waals surface area contributed by atoms with E-state index in [0.717, 1.165) is 27.3 Å². The molecule has 7 heteroatoms. The molecular weight excluding hydrogens is 348 g/mol. The smallest absolute Gasteiger partial charge is 0.411 e. The first-order valence-electron chi connectivity index (χ1n) is 9.13. The van der Waals surface area contributed by atoms with E-state index < -0.39 is 25.0 Å². The maximum atomic E-state index is 12.4. The van der Waals surface area contributed by atoms with Crippen LogP contribution in [0.25, 0.3) is 0 Å². The molecule has 4 atom stereocenters. The lowest BCUT2D eigenvalue weighted by atomic mass is 9.59. The molecule has 0 radical (unpaired) electrons. The number of amides is 2. The van der Waals surface area contributed by atoms with Crippen LogP contribution in [0.5, 0.6) is 0 Å². The normalized spacial score (nSPS) is 32.6. The highest BCUT2D eigenvalue weighted by atomic mass is 16.6. The van der Waals surface area contributed by atoms with Crippen molar-refractivity contribution in [2.24, 2.45) is 11.3 Å². The molecule has 0 spiro atoms. The Balaban J connectivity index is 2.01. The van der Waals surface area contributed by atoms with Crippen LogP contribution in [-0.4, -0.2) is 67.1 Å². The zero-order valence-electron chi connectivity index (χ0n) is 16.8. The number of aliphatic hydroxyl groups excluding tert-OH is 1. The number of ether oxygens (including phenoxy) is 2. The van der Waals surface area contributed by atoms with E-state index in [4.69, 9.17) is 9.47 Å². The van der Waals surface area contributed by atoms with Crippen LogP contribution in [0, 0.1) is 11.3 Å². The average molecular weight is 376 g/mol. The fourth-order valence-corrected chi connectivity index (χ4v) is 4.29. The lowest BCUT2D eigenvalue weighted by Gasteiger charge is -2.48. The molecule has 0 saturated carbocycles. The number of likely N-dealkylation sites (N-methyl/N-ethyl adjacent to an activating group) is 1. The summed E-state index contributed by atoms with van der Waals surface area (Å²) < 4.78 is 11.3. The molecule has 0 aromatic carbocycles. The second kappa shape index (κ2) is 6.80. The Kier molecular flexibility index (Phi) is 4.94. The van der Waals surface area contributed by atoms with Gasteiger partial charge in [-0.05, 0) is 36.6 Å². The Morgan fingerprint density at radius 1 is 1.48 bits per heavy atom. The Morgan fingerprint density at radius 2 is 2.15 bits per heavy atom. The van der Waals surface area contributed by atoms with Gasteiger partial charge >= 0.3 is 6.09 Å². The molecule has 3 aliphatic rings. The molecule has 27 heavy (non-hydrogen) atoms. The van der Waals surface area contributed by atoms with Crippen LogP contribution in [0.2, 0.25) is 0 Å². The topological polar surface area (TPSA) is 79.3 Å². The number of methoxy groups -OCH3 is 1. The predicted molar refractivity (Wildman–Crippen MR) is 99.4 cm³/mol. The fourth-order valence-electron chi connectivity index (χ4n) is 4.29. The number of fused-ring (bicyclic) bond motifs is 2. The summed E-state index contributed by atoms with van der Waals surface area (Å²) in [4.78, 5) is 27.4. The number of nitrogens with zero attached hydrogens (tertiary/aromatic N) is 2. The van der Waals surface area contributed by atoms with Crippen molar-refractivity contribution in [3.63, 3.8) is 0 Å². The first kappa shape index (κ1) is 19.6. The first-order valence-corrected chi connectivity index (χ1v) is 9.13. The molecule has 2 aliphatic carbocycles. The summed E-state index contributed by atoms with van der Waals surface area (Å²) in [6, 6.07) is 0. The standard InChI is InChI=1S/C20H28N2O5/c1-11-14-9-20(3)12(2)17(27-19(25)21(4)10-23)16(26-6)8-13(20)7-15(14)22(5)18(11)24/h7-8,12,16-17,23H,9-10H2,1-6H3/t12-,16+,17+,20+/m0/s1. The van der Waals surface area contributed by atoms with Crippen molar-refractivity contribution in [2.75, 3.05) is 27.9 Å². The SMILES string of the molecule is CO[C@@H]1C=C2C=C3C(=C(C)C(=O)N3C)C[C@]2(C)[C@@H](C)[C@H]1OC(=O)N(C)CO. The summed E-state index contributed by atoms with van der Waals surface area (Å²) in [5.41, 5.74) is 3.58. The third kappa shape index (κ3) is 2.89. The van der Waals surface area contributed by atoms with Crippen LogP contribution in [0.15, 0.2) is 34.6 Å². The monoisotopic (exact) mass is 376 g/mol. The van der Waals surface area contributed by atoms with Gasteiger partial charge in [0, 0.05) is 43.8 Å². The molecule has 1 N–H and O–H groups in total. The number of hydrogen-bond donors (Lipinski definition) is 1. The highest BCUT2D eigenvalue weighted by molar-refractivity contribution is 6.00. The maximum absolute atomic E-state index is 12.4. The van der Waals surface area contributed by atoms with E-state index in [2.05, 4.69) is 13.0 Å². The van der Waals surface area contributed by atoms with Crippen molar-refractivity contribution in [1.82, 2.24) is 9.80 Å². The minimum atomic E-state index is -0.588. The molecule has 2 amide bonds. The van der Waals surface area contributed by atoms with Crippen molar-refractivity contribution >= 4 is 12.0 Å². The molecule has 1 heterocycles. The van der Waals surface area contributed by atoms with Crippen LogP contribution in [0.1, 0.15) is 27.2 Å². The highest BCUT2D eigenvalue weighted by Crippen LogP contribution is 2.54. The van der Waals surface area contributed by atoms with E-state index in [1.807, 2.05) is 19.9 Å². The average Bonchev–Trinajstić information content (AvgIpc) is 2.85. The number of carbonyl (C=O) groups is 2. The molecule has 148 valence electrons. The Hall–Kier alpha value is -2.12. The van der Waals surface area contributed by atoms with Gasteiger partial charge in [0.05, 0.1) is 0 Å². The molecule has 7 nitrogen and oxygen atoms in total. The molecule has 0 fully saturated rings. The molecular formula is C20H28N2O5. The second-order valence-corrected chi connectivity index (χ2v) is 7.89. The predicted octanol–water partition coefficient (Wildman–Crippen LogP) is 2.05. The van der Waals surface area contributed by atoms with E-state index in [9.17, 15) is 14.7 Å². The molecule has 0 saturated heterocycles. The number of rotatable bonds is 3. The van der Waals surface area contributed by atoms with E-state index in [-0.39, 0.29) is 17.2 Å². The quantitative estimate of drug-likeness (QED) is 0.763. The molecule has 1 aliphatic heterocycles. The molecule has 0 bridgehead atoms. The zero-order valence-corrected chi connectivity index (χ0v) is 16.8. The summed E-state index contributed by atoms with van der Waals surface area (Å²) in [5, 5.41) is 9.17. The van der Waals surface area contributed by atoms with Crippen molar-refractivity contribution in [1.29, 1.82) is 0 Å². The van der Waals surface area contributed by atoms with Gasteiger partial charge in [-0.1, -0.05) is 13.8 Å². The van der Waals surface area contributed by atoms with Gasteiger partial charge in [0.15, 0.2) is 0 Å². The Morgan fingerprint density at radius 3 is 2.74 bits per heavy atom. The van der Waals surface area contributed by atoms with Crippen LogP contribution in [0.3, 0.4) is 0 Å². The maximum Gasteiger partial charge on any atom is 0.411 e. The molecule has 0 aromatic heterocycles. The largest absolute Gasteiger partial charge is 0.443 e. The van der Waals surface area contributed by atoms with Crippen molar-refractivity contribution in [3.8, 4) is 0 Å². The van der Waals surface area contributed by atoms with E-state index >= 15 is 0 Å². The number of aliphatic hydroxyl groups is 1. The van der Waals surface area contributed by atoms with Crippen LogP contribution in [-0.2, 0) is 14.3 Å². The summed E-state index contributed by atoms with van der Waals surface area (Å²) in [7, 11) is 4.86. The number of carbonyl (C=O) groups excluding carboxylic acids is 2. The lowest BCUT2D eigenvalue weighted by molar-refractivity contribution is -0.123. The molecule has 0 aromatic rings. The van der Waals surface area contributed by atoms with Gasteiger partial charge in [-0.2, -0.15) is 0 Å². The van der Waals surface area contributed by atoms with E-state index in [1.165, 1.54) is 7.05 Å². The minimum absolute atomic E-state index is 0.0302. The van der Waals surface area contributed by atoms with Crippen molar-refractivity contribution in [3.05, 3.63) is 34.6 Å². The Bertz CT molecular complexity index is 768. The van der Waals surface area contributed by atoms with Gasteiger partial charge < -0.3 is 19.5 Å². The Labute approximate surface area is 159 Å². The minimum Gasteiger partial charge on any atom is -0.443 e. The summed E-state index contributed by atoms with van der Waals surface area (Å²) in [6.45, 7) is 5.64. The molecule has 0 unspecified atom stereocenters. The van der Waals surface area contributed by atoms with Gasteiger partial charge in [0.1, 0.15) is 18.9 Å². The van der Waals surface area contributed by atoms with Crippen molar-refractivity contribution < 1.29 is 24.2 Å². The highest BCUT2D eigenvalue weighted by Gasteiger charge is 2.51. The second-order valence-electron chi connectivity index (χ2n) is 7.89. The van der Waals surface area contributed by atoms with Gasteiger partial charge in [0.25, 0.3) is 5.91 Å². The first-order chi connectivity index (χ1) is 12.7. The van der Waals surface area contributed by atoms with E-state index in [0.29, 0.717) is 6.42 Å². The number of allylic oxidation sites excluding steroid dienone is 3. The van der Waals surface area contributed by atoms with Crippen LogP contribution < -0.4 is 0 Å². The van der Waals surface area contributed by atoms with Gasteiger partial charge in [0.2, 0.25) is 0 Å². The van der Waals surface area contributed by atoms with Crippen LogP contribution in [0.4, 0.5) is 4.79 Å². The van der Waals surface area contributed by atoms with Crippen molar-refractivity contribution in [2.45, 2.75) is 39.4 Å². The van der Waals surface area contributed by atoms with Gasteiger partial charge in [-0.3, -0.25) is 9.69 Å². The number of hydrogen-bond acceptors (Lipinski definition) is 5. The third-order valence-electron chi connectivity index (χ3n) is 6.44. The lowest BCUT2D eigenvalue weighted by Crippen LogP contribution is -2.50. The van der Waals surface area contributed by atoms with Gasteiger partial charge in [-0.15, -0.1) is 0 Å². The summed E-state index contributed by atoms with van der Waals surface area (Å²) in [6.07, 6.45) is 3.28. The van der Waals surface area contributed by atoms with Crippen LogP contribution >= 0.6 is 0 Å². The summed E-state index contributed by atoms with van der Waals surface area (Å²) in [5.74, 6) is -0.0137. The van der Waals surface area contributed by atoms with Gasteiger partial charge in [-0.25, -0.2) is 4.79 Å². The summed E-state index contributed by atoms with van der Waals surface area (Å²) >= 11 is 0. The molecule has 3 rings (SSSR count).